The van der Waals surface area contributed by atoms with E-state index in [2.05, 4.69) is 25.3 Å². The molecule has 0 spiro atoms. The molecule has 0 amide bonds. The molecule has 0 radical (unpaired) electrons. The molecule has 0 bridgehead atoms. The maximum atomic E-state index is 6.30. The van der Waals surface area contributed by atoms with Crippen LogP contribution in [0.25, 0.3) is 28.1 Å². The zero-order chi connectivity index (χ0) is 27.1. The number of aryl methyl sites for hydroxylation is 1. The predicted molar refractivity (Wildman–Crippen MR) is 154 cm³/mol. The highest BCUT2D eigenvalue weighted by Crippen LogP contribution is 2.37. The summed E-state index contributed by atoms with van der Waals surface area (Å²) >= 11 is 1.68. The second-order valence-electron chi connectivity index (χ2n) is 10.3. The zero-order valence-electron chi connectivity index (χ0n) is 22.7. The van der Waals surface area contributed by atoms with Crippen molar-refractivity contribution in [2.24, 2.45) is 0 Å². The van der Waals surface area contributed by atoms with E-state index >= 15 is 0 Å². The molecule has 6 heterocycles. The van der Waals surface area contributed by atoms with Crippen LogP contribution in [0.15, 0.2) is 46.3 Å². The molecular weight excluding hydrogens is 528 g/mol. The van der Waals surface area contributed by atoms with Crippen molar-refractivity contribution >= 4 is 33.1 Å². The summed E-state index contributed by atoms with van der Waals surface area (Å²) in [6, 6.07) is 10.3. The number of anilines is 1. The fraction of sp³-hybridized carbons (Fsp3) is 0.414. The van der Waals surface area contributed by atoms with Crippen molar-refractivity contribution in [3.63, 3.8) is 0 Å². The van der Waals surface area contributed by atoms with Gasteiger partial charge in [-0.2, -0.15) is 5.10 Å². The van der Waals surface area contributed by atoms with Gasteiger partial charge in [0.25, 0.3) is 0 Å². The molecule has 11 heteroatoms. The third kappa shape index (κ3) is 5.00. The van der Waals surface area contributed by atoms with Gasteiger partial charge in [-0.05, 0) is 38.0 Å². The molecule has 2 fully saturated rings. The van der Waals surface area contributed by atoms with Crippen molar-refractivity contribution in [3.05, 3.63) is 53.3 Å². The number of aromatic nitrogens is 4. The summed E-state index contributed by atoms with van der Waals surface area (Å²) in [5.41, 5.74) is 3.98. The Balaban J connectivity index is 1.06. The summed E-state index contributed by atoms with van der Waals surface area (Å²) in [4.78, 5) is 14.6. The fourth-order valence-corrected chi connectivity index (χ4v) is 6.39. The topological polar surface area (TPSA) is 90.4 Å². The van der Waals surface area contributed by atoms with E-state index in [1.54, 1.807) is 23.0 Å². The van der Waals surface area contributed by atoms with Gasteiger partial charge < -0.3 is 23.5 Å². The monoisotopic (exact) mass is 560 g/mol. The van der Waals surface area contributed by atoms with Gasteiger partial charge in [0.05, 0.1) is 30.1 Å². The van der Waals surface area contributed by atoms with Crippen molar-refractivity contribution < 1.29 is 18.6 Å². The Bertz CT molecular complexity index is 1630. The standard InChI is InChI=1S/C29H32N6O4S/c1-19-3-4-28-31-24(16-35(28)32-19)27-15-23-25(13-22(36-2)14-26(23)39-27)38-17-20-18-40-29(30-20)34-9-7-33(8-10-34)21-5-11-37-12-6-21/h3-4,13-16,18,21H,5-12,17H2,1-2H3. The van der Waals surface area contributed by atoms with Crippen molar-refractivity contribution in [2.45, 2.75) is 32.4 Å². The first-order valence-corrected chi connectivity index (χ1v) is 14.6. The smallest absolute Gasteiger partial charge is 0.185 e. The van der Waals surface area contributed by atoms with Crippen molar-refractivity contribution in [1.29, 1.82) is 0 Å². The Morgan fingerprint density at radius 3 is 2.73 bits per heavy atom. The molecule has 2 aliphatic heterocycles. The molecule has 1 aromatic carbocycles. The van der Waals surface area contributed by atoms with E-state index in [4.69, 9.17) is 23.6 Å². The number of hydrogen-bond acceptors (Lipinski definition) is 10. The Kier molecular flexibility index (Phi) is 6.78. The SMILES string of the molecule is COc1cc(OCc2csc(N3CCN(C4CCOCC4)CC3)n2)c2cc(-c3cn4nc(C)ccc4n3)oc2c1. The van der Waals surface area contributed by atoms with Gasteiger partial charge in [0.15, 0.2) is 16.5 Å². The minimum absolute atomic E-state index is 0.360. The minimum atomic E-state index is 0.360. The van der Waals surface area contributed by atoms with Gasteiger partial charge in [0.1, 0.15) is 29.4 Å². The molecule has 40 heavy (non-hydrogen) atoms. The Labute approximate surface area is 236 Å². The number of ether oxygens (including phenoxy) is 3. The molecule has 208 valence electrons. The van der Waals surface area contributed by atoms with Gasteiger partial charge in [-0.15, -0.1) is 11.3 Å². The van der Waals surface area contributed by atoms with E-state index < -0.39 is 0 Å². The van der Waals surface area contributed by atoms with Crippen LogP contribution in [0.3, 0.4) is 0 Å². The van der Waals surface area contributed by atoms with Crippen LogP contribution in [0.1, 0.15) is 24.2 Å². The van der Waals surface area contributed by atoms with Crippen molar-refractivity contribution in [1.82, 2.24) is 24.5 Å². The molecule has 2 aliphatic rings. The highest BCUT2D eigenvalue weighted by atomic mass is 32.1. The second-order valence-corrected chi connectivity index (χ2v) is 11.2. The zero-order valence-corrected chi connectivity index (χ0v) is 23.5. The molecule has 5 aromatic rings. The third-order valence-electron chi connectivity index (χ3n) is 7.72. The molecule has 10 nitrogen and oxygen atoms in total. The van der Waals surface area contributed by atoms with Gasteiger partial charge >= 0.3 is 0 Å². The number of benzene rings is 1. The predicted octanol–water partition coefficient (Wildman–Crippen LogP) is 4.80. The number of rotatable bonds is 7. The highest BCUT2D eigenvalue weighted by molar-refractivity contribution is 7.13. The summed E-state index contributed by atoms with van der Waals surface area (Å²) in [5, 5.41) is 8.50. The van der Waals surface area contributed by atoms with E-state index in [-0.39, 0.29) is 0 Å². The Morgan fingerprint density at radius 1 is 1.05 bits per heavy atom. The van der Waals surface area contributed by atoms with Crippen LogP contribution >= 0.6 is 11.3 Å². The maximum absolute atomic E-state index is 6.30. The lowest BCUT2D eigenvalue weighted by Crippen LogP contribution is -2.51. The summed E-state index contributed by atoms with van der Waals surface area (Å²) in [6.45, 7) is 8.23. The van der Waals surface area contributed by atoms with E-state index in [0.717, 1.165) is 79.8 Å². The second kappa shape index (κ2) is 10.7. The van der Waals surface area contributed by atoms with E-state index in [1.807, 2.05) is 43.5 Å². The number of fused-ring (bicyclic) bond motifs is 2. The van der Waals surface area contributed by atoms with Crippen LogP contribution in [0.2, 0.25) is 0 Å². The van der Waals surface area contributed by atoms with E-state index in [1.165, 1.54) is 0 Å². The van der Waals surface area contributed by atoms with Crippen LogP contribution < -0.4 is 14.4 Å². The number of furan rings is 1. The van der Waals surface area contributed by atoms with Gasteiger partial charge in [-0.25, -0.2) is 14.5 Å². The summed E-state index contributed by atoms with van der Waals surface area (Å²) in [6.07, 6.45) is 4.16. The maximum Gasteiger partial charge on any atom is 0.185 e. The number of hydrogen-bond donors (Lipinski definition) is 0. The number of thiazole rings is 1. The van der Waals surface area contributed by atoms with Crippen LogP contribution in [-0.4, -0.2) is 77.0 Å². The quantitative estimate of drug-likeness (QED) is 0.279. The molecule has 4 aromatic heterocycles. The number of methoxy groups -OCH3 is 1. The lowest BCUT2D eigenvalue weighted by Gasteiger charge is -2.40. The number of nitrogens with zero attached hydrogens (tertiary/aromatic N) is 6. The third-order valence-corrected chi connectivity index (χ3v) is 8.67. The van der Waals surface area contributed by atoms with E-state index in [0.29, 0.717) is 41.2 Å². The van der Waals surface area contributed by atoms with Crippen molar-refractivity contribution in [2.75, 3.05) is 51.4 Å². The Morgan fingerprint density at radius 2 is 1.90 bits per heavy atom. The molecule has 7 rings (SSSR count). The minimum Gasteiger partial charge on any atom is -0.496 e. The molecule has 2 saturated heterocycles. The van der Waals surface area contributed by atoms with Gasteiger partial charge in [0.2, 0.25) is 0 Å². The Hall–Kier alpha value is -3.67. The molecule has 0 saturated carbocycles. The van der Waals surface area contributed by atoms with Crippen LogP contribution in [0.4, 0.5) is 5.13 Å². The van der Waals surface area contributed by atoms with Crippen LogP contribution in [-0.2, 0) is 11.3 Å². The average Bonchev–Trinajstić information content (AvgIpc) is 3.74. The molecular formula is C29H32N6O4S. The molecule has 0 atom stereocenters. The number of piperazine rings is 1. The lowest BCUT2D eigenvalue weighted by atomic mass is 10.1. The normalized spacial score (nSPS) is 17.2. The largest absolute Gasteiger partial charge is 0.496 e. The summed E-state index contributed by atoms with van der Waals surface area (Å²) in [7, 11) is 1.64. The van der Waals surface area contributed by atoms with Gasteiger partial charge in [-0.1, -0.05) is 0 Å². The summed E-state index contributed by atoms with van der Waals surface area (Å²) < 4.78 is 25.3. The van der Waals surface area contributed by atoms with Crippen molar-refractivity contribution in [3.8, 4) is 23.0 Å². The van der Waals surface area contributed by atoms with Gasteiger partial charge in [-0.3, -0.25) is 4.90 Å². The van der Waals surface area contributed by atoms with Crippen LogP contribution in [0.5, 0.6) is 11.5 Å². The van der Waals surface area contributed by atoms with E-state index in [9.17, 15) is 0 Å². The first-order valence-electron chi connectivity index (χ1n) is 13.7. The molecule has 0 unspecified atom stereocenters. The van der Waals surface area contributed by atoms with Gasteiger partial charge in [0, 0.05) is 62.9 Å². The fourth-order valence-electron chi connectivity index (χ4n) is 5.53. The molecule has 0 N–H and O–H groups in total. The summed E-state index contributed by atoms with van der Waals surface area (Å²) in [5.74, 6) is 1.99. The first-order chi connectivity index (χ1) is 19.6. The first kappa shape index (κ1) is 25.3. The average molecular weight is 561 g/mol. The van der Waals surface area contributed by atoms with Crippen LogP contribution in [0, 0.1) is 6.92 Å². The molecule has 0 aliphatic carbocycles. The highest BCUT2D eigenvalue weighted by Gasteiger charge is 2.26. The lowest BCUT2D eigenvalue weighted by molar-refractivity contribution is 0.0321. The number of imidazole rings is 1.